The Bertz CT molecular complexity index is 367. The molecule has 0 fully saturated rings. The minimum Gasteiger partial charge on any atom is -0.367 e. The highest BCUT2D eigenvalue weighted by molar-refractivity contribution is 5.99. The quantitative estimate of drug-likeness (QED) is 0.557. The van der Waals surface area contributed by atoms with E-state index in [0.29, 0.717) is 0 Å². The van der Waals surface area contributed by atoms with Crippen LogP contribution >= 0.6 is 0 Å². The molecule has 0 radical (unpaired) electrons. The van der Waals surface area contributed by atoms with E-state index in [-0.39, 0.29) is 0 Å². The largest absolute Gasteiger partial charge is 0.367 e. The Hall–Kier alpha value is -1.57. The van der Waals surface area contributed by atoms with Crippen LogP contribution < -0.4 is 0 Å². The fourth-order valence-corrected chi connectivity index (χ4v) is 1.20. The summed E-state index contributed by atoms with van der Waals surface area (Å²) >= 11 is 0. The normalized spacial score (nSPS) is 13.1. The molecule has 0 saturated heterocycles. The molecule has 0 spiro atoms. The number of allylic oxidation sites excluding steroid dienone is 2. The zero-order valence-corrected chi connectivity index (χ0v) is 8.96. The van der Waals surface area contributed by atoms with Gasteiger partial charge in [0.05, 0.1) is 5.70 Å². The van der Waals surface area contributed by atoms with Gasteiger partial charge in [0, 0.05) is 23.7 Å². The lowest BCUT2D eigenvalue weighted by Crippen LogP contribution is -1.93. The highest BCUT2D eigenvalue weighted by atomic mass is 14.8. The maximum Gasteiger partial charge on any atom is 0.0613 e. The Kier molecular flexibility index (Phi) is 3.46. The molecule has 0 aromatic carbocycles. The third-order valence-corrected chi connectivity index (χ3v) is 2.01. The molecule has 1 aromatic rings. The summed E-state index contributed by atoms with van der Waals surface area (Å²) < 4.78 is 0. The minimum absolute atomic E-state index is 0.948. The third kappa shape index (κ3) is 2.46. The van der Waals surface area contributed by atoms with E-state index in [9.17, 15) is 0 Å². The average Bonchev–Trinajstić information content (AvgIpc) is 2.65. The van der Waals surface area contributed by atoms with Crippen molar-refractivity contribution in [2.24, 2.45) is 4.99 Å². The van der Waals surface area contributed by atoms with E-state index in [4.69, 9.17) is 0 Å². The van der Waals surface area contributed by atoms with Crippen molar-refractivity contribution in [2.75, 3.05) is 0 Å². The molecule has 0 aliphatic rings. The summed E-state index contributed by atoms with van der Waals surface area (Å²) in [6.45, 7) is 9.80. The zero-order valence-electron chi connectivity index (χ0n) is 8.96. The van der Waals surface area contributed by atoms with Gasteiger partial charge in [0.15, 0.2) is 0 Å². The van der Waals surface area contributed by atoms with Gasteiger partial charge in [-0.2, -0.15) is 0 Å². The van der Waals surface area contributed by atoms with Crippen LogP contribution in [0, 0.1) is 0 Å². The lowest BCUT2D eigenvalue weighted by atomic mass is 10.2. The molecule has 1 heterocycles. The first-order valence-corrected chi connectivity index (χ1v) is 4.65. The summed E-state index contributed by atoms with van der Waals surface area (Å²) in [4.78, 5) is 7.50. The third-order valence-electron chi connectivity index (χ3n) is 2.01. The molecule has 14 heavy (non-hydrogen) atoms. The number of hydrogen-bond donors (Lipinski definition) is 1. The smallest absolute Gasteiger partial charge is 0.0613 e. The van der Waals surface area contributed by atoms with Gasteiger partial charge in [-0.25, -0.2) is 0 Å². The van der Waals surface area contributed by atoms with Gasteiger partial charge in [0.1, 0.15) is 0 Å². The highest BCUT2D eigenvalue weighted by Crippen LogP contribution is 2.10. The molecule has 2 nitrogen and oxygen atoms in total. The maximum absolute atomic E-state index is 4.50. The van der Waals surface area contributed by atoms with E-state index in [1.807, 2.05) is 45.3 Å². The molecule has 0 bridgehead atoms. The molecule has 74 valence electrons. The van der Waals surface area contributed by atoms with Crippen LogP contribution in [0.1, 0.15) is 26.3 Å². The minimum atomic E-state index is 0.948. The first kappa shape index (κ1) is 10.5. The Labute approximate surface area is 85.1 Å². The van der Waals surface area contributed by atoms with Crippen molar-refractivity contribution in [2.45, 2.75) is 20.8 Å². The van der Waals surface area contributed by atoms with Crippen LogP contribution in [0.3, 0.4) is 0 Å². The SMILES string of the molecule is C=C(C)C(=C/C)/N=C(\C)c1cc[nH]c1. The van der Waals surface area contributed by atoms with E-state index in [1.165, 1.54) is 0 Å². The van der Waals surface area contributed by atoms with Gasteiger partial charge in [-0.05, 0) is 32.4 Å². The first-order valence-electron chi connectivity index (χ1n) is 4.65. The van der Waals surface area contributed by atoms with E-state index < -0.39 is 0 Å². The van der Waals surface area contributed by atoms with E-state index in [1.54, 1.807) is 0 Å². The van der Waals surface area contributed by atoms with Gasteiger partial charge in [0.25, 0.3) is 0 Å². The number of aromatic nitrogens is 1. The molecule has 1 N–H and O–H groups in total. The Morgan fingerprint density at radius 3 is 2.64 bits per heavy atom. The summed E-state index contributed by atoms with van der Waals surface area (Å²) in [7, 11) is 0. The molecule has 1 aromatic heterocycles. The highest BCUT2D eigenvalue weighted by Gasteiger charge is 1.99. The standard InChI is InChI=1S/C12H16N2/c1-5-12(9(2)3)14-10(4)11-6-7-13-8-11/h5-8,13H,2H2,1,3-4H3/b12-5-,14-10+. The van der Waals surface area contributed by atoms with Gasteiger partial charge < -0.3 is 4.98 Å². The van der Waals surface area contributed by atoms with E-state index >= 15 is 0 Å². The molecule has 0 atom stereocenters. The van der Waals surface area contributed by atoms with Crippen LogP contribution in [0.4, 0.5) is 0 Å². The van der Waals surface area contributed by atoms with Crippen LogP contribution in [0.15, 0.2) is 47.4 Å². The molecule has 0 unspecified atom stereocenters. The fourth-order valence-electron chi connectivity index (χ4n) is 1.20. The lowest BCUT2D eigenvalue weighted by molar-refractivity contribution is 1.27. The summed E-state index contributed by atoms with van der Waals surface area (Å²) in [6, 6.07) is 2.00. The lowest BCUT2D eigenvalue weighted by Gasteiger charge is -2.01. The second kappa shape index (κ2) is 4.61. The Morgan fingerprint density at radius 1 is 1.50 bits per heavy atom. The molecule has 2 heteroatoms. The van der Waals surface area contributed by atoms with Crippen LogP contribution in [0.25, 0.3) is 0 Å². The first-order chi connectivity index (χ1) is 6.65. The van der Waals surface area contributed by atoms with Gasteiger partial charge in [-0.15, -0.1) is 0 Å². The summed E-state index contributed by atoms with van der Waals surface area (Å²) in [6.07, 6.45) is 5.80. The predicted octanol–water partition coefficient (Wildman–Crippen LogP) is 3.30. The fraction of sp³-hybridized carbons (Fsp3) is 0.250. The van der Waals surface area contributed by atoms with E-state index in [0.717, 1.165) is 22.5 Å². The van der Waals surface area contributed by atoms with Crippen LogP contribution in [0.5, 0.6) is 0 Å². The molecule has 0 amide bonds. The molecule has 0 saturated carbocycles. The van der Waals surface area contributed by atoms with Crippen molar-refractivity contribution in [3.05, 3.63) is 47.9 Å². The number of rotatable bonds is 3. The van der Waals surface area contributed by atoms with Crippen LogP contribution in [0.2, 0.25) is 0 Å². The molecular formula is C12H16N2. The number of H-pyrrole nitrogens is 1. The number of nitrogens with one attached hydrogen (secondary N) is 1. The summed E-state index contributed by atoms with van der Waals surface area (Å²) in [5.41, 5.74) is 4.05. The Morgan fingerprint density at radius 2 is 2.21 bits per heavy atom. The van der Waals surface area contributed by atoms with Gasteiger partial charge in [-0.1, -0.05) is 12.7 Å². The number of aliphatic imine (C=N–C) groups is 1. The number of hydrogen-bond acceptors (Lipinski definition) is 1. The second-order valence-electron chi connectivity index (χ2n) is 3.25. The van der Waals surface area contributed by atoms with Crippen LogP contribution in [-0.4, -0.2) is 10.7 Å². The monoisotopic (exact) mass is 188 g/mol. The van der Waals surface area contributed by atoms with Crippen LogP contribution in [-0.2, 0) is 0 Å². The van der Waals surface area contributed by atoms with E-state index in [2.05, 4.69) is 16.6 Å². The van der Waals surface area contributed by atoms with Crippen molar-refractivity contribution < 1.29 is 0 Å². The summed E-state index contributed by atoms with van der Waals surface area (Å²) in [5, 5.41) is 0. The van der Waals surface area contributed by atoms with Crippen molar-refractivity contribution in [3.8, 4) is 0 Å². The maximum atomic E-state index is 4.50. The Balaban J connectivity index is 2.94. The summed E-state index contributed by atoms with van der Waals surface area (Å²) in [5.74, 6) is 0. The van der Waals surface area contributed by atoms with Crippen molar-refractivity contribution >= 4 is 5.71 Å². The topological polar surface area (TPSA) is 28.1 Å². The molecule has 1 rings (SSSR count). The molecular weight excluding hydrogens is 172 g/mol. The molecule has 0 aliphatic heterocycles. The number of nitrogens with zero attached hydrogens (tertiary/aromatic N) is 1. The van der Waals surface area contributed by atoms with Crippen molar-refractivity contribution in [3.63, 3.8) is 0 Å². The van der Waals surface area contributed by atoms with Crippen molar-refractivity contribution in [1.29, 1.82) is 0 Å². The average molecular weight is 188 g/mol. The molecule has 0 aliphatic carbocycles. The second-order valence-corrected chi connectivity index (χ2v) is 3.25. The van der Waals surface area contributed by atoms with Gasteiger partial charge in [0.2, 0.25) is 0 Å². The van der Waals surface area contributed by atoms with Crippen molar-refractivity contribution in [1.82, 2.24) is 4.98 Å². The zero-order chi connectivity index (χ0) is 10.6. The van der Waals surface area contributed by atoms with Gasteiger partial charge >= 0.3 is 0 Å². The van der Waals surface area contributed by atoms with Gasteiger partial charge in [-0.3, -0.25) is 4.99 Å². The number of aromatic amines is 1. The predicted molar refractivity (Wildman–Crippen MR) is 61.6 cm³/mol.